The van der Waals surface area contributed by atoms with Crippen LogP contribution in [-0.2, 0) is 23.3 Å². The Morgan fingerprint density at radius 2 is 1.31 bits per heavy atom. The van der Waals surface area contributed by atoms with Crippen molar-refractivity contribution in [1.82, 2.24) is 19.5 Å². The lowest BCUT2D eigenvalue weighted by atomic mass is 9.79. The molecule has 0 atom stereocenters. The summed E-state index contributed by atoms with van der Waals surface area (Å²) in [6.07, 6.45) is 3.92. The minimum Gasteiger partial charge on any atom is -0.507 e. The monoisotopic (exact) mass is 618 g/mol. The van der Waals surface area contributed by atoms with E-state index in [0.717, 1.165) is 50.2 Å². The summed E-state index contributed by atoms with van der Waals surface area (Å²) in [6, 6.07) is 17.5. The zero-order chi connectivity index (χ0) is 33.3. The Kier molecular flexibility index (Phi) is 7.93. The van der Waals surface area contributed by atoms with Gasteiger partial charge in [0.2, 0.25) is 0 Å². The molecule has 0 unspecified atom stereocenters. The van der Waals surface area contributed by atoms with Crippen LogP contribution >= 0.6 is 0 Å². The molecule has 0 amide bonds. The molecule has 5 aromatic rings. The van der Waals surface area contributed by atoms with Crippen LogP contribution in [-0.4, -0.2) is 32.7 Å². The lowest BCUT2D eigenvalue weighted by molar-refractivity contribution is 0.446. The van der Waals surface area contributed by atoms with Gasteiger partial charge in [0, 0.05) is 36.1 Å². The standard InChI is InChI=1S/C39H50N4OSi/c1-37(2,3)26-19-24(18-25(20-26)32-15-14-28(23-41-32)45(11,12)13)29-16-17-40-36-33(29)42-35(43(36)10)30-21-27(38(4,5)6)22-31(34(30)44)39(7,8)9/h14-23,44H,1-13H3. The number of rotatable bonds is 4. The quantitative estimate of drug-likeness (QED) is 0.204. The van der Waals surface area contributed by atoms with Crippen molar-refractivity contribution in [3.8, 4) is 39.5 Å². The molecule has 3 aromatic heterocycles. The van der Waals surface area contributed by atoms with Crippen LogP contribution in [0.15, 0.2) is 60.9 Å². The summed E-state index contributed by atoms with van der Waals surface area (Å²) in [4.78, 5) is 14.9. The van der Waals surface area contributed by atoms with Gasteiger partial charge < -0.3 is 9.67 Å². The zero-order valence-corrected chi connectivity index (χ0v) is 30.5. The summed E-state index contributed by atoms with van der Waals surface area (Å²) >= 11 is 0. The second-order valence-electron chi connectivity index (χ2n) is 16.7. The first-order chi connectivity index (χ1) is 20.7. The number of hydrogen-bond acceptors (Lipinski definition) is 4. The fourth-order valence-electron chi connectivity index (χ4n) is 5.74. The second kappa shape index (κ2) is 10.9. The summed E-state index contributed by atoms with van der Waals surface area (Å²) in [5.41, 5.74) is 9.38. The number of fused-ring (bicyclic) bond motifs is 1. The Hall–Kier alpha value is -3.77. The third-order valence-electron chi connectivity index (χ3n) is 8.82. The average molecular weight is 619 g/mol. The Balaban J connectivity index is 1.74. The highest BCUT2D eigenvalue weighted by Crippen LogP contribution is 2.43. The summed E-state index contributed by atoms with van der Waals surface area (Å²) < 4.78 is 2.01. The van der Waals surface area contributed by atoms with Gasteiger partial charge in [-0.3, -0.25) is 4.98 Å². The van der Waals surface area contributed by atoms with E-state index in [2.05, 4.69) is 137 Å². The predicted octanol–water partition coefficient (Wildman–Crippen LogP) is 9.51. The van der Waals surface area contributed by atoms with Crippen LogP contribution in [0.4, 0.5) is 0 Å². The van der Waals surface area contributed by atoms with E-state index < -0.39 is 8.07 Å². The molecular weight excluding hydrogens is 569 g/mol. The fourth-order valence-corrected chi connectivity index (χ4v) is 6.77. The SMILES string of the molecule is Cn1c(-c2cc(C(C)(C)C)cc(C(C)(C)C)c2O)nc2c(-c3cc(-c4ccc([Si](C)(C)C)cn4)cc(C(C)(C)C)c3)ccnc21. The summed E-state index contributed by atoms with van der Waals surface area (Å²) in [7, 11) is 0.535. The third-order valence-corrected chi connectivity index (χ3v) is 10.8. The van der Waals surface area contributed by atoms with Gasteiger partial charge in [0.25, 0.3) is 0 Å². The average Bonchev–Trinajstić information content (AvgIpc) is 3.27. The first-order valence-electron chi connectivity index (χ1n) is 16.0. The Labute approximate surface area is 270 Å². The van der Waals surface area contributed by atoms with Crippen LogP contribution in [0.1, 0.15) is 79.0 Å². The highest BCUT2D eigenvalue weighted by atomic mass is 28.3. The van der Waals surface area contributed by atoms with Crippen molar-refractivity contribution >= 4 is 24.4 Å². The molecule has 0 saturated carbocycles. The van der Waals surface area contributed by atoms with Crippen LogP contribution in [0, 0.1) is 0 Å². The van der Waals surface area contributed by atoms with E-state index in [9.17, 15) is 5.11 Å². The molecular formula is C39H50N4OSi. The number of nitrogens with zero attached hydrogens (tertiary/aromatic N) is 4. The molecule has 0 bridgehead atoms. The molecule has 0 aliphatic carbocycles. The molecule has 5 nitrogen and oxygen atoms in total. The summed E-state index contributed by atoms with van der Waals surface area (Å²) in [5, 5.41) is 13.0. The largest absolute Gasteiger partial charge is 0.507 e. The van der Waals surface area contributed by atoms with Gasteiger partial charge in [0.05, 0.1) is 19.3 Å². The number of aromatic hydroxyl groups is 1. The number of phenolic OH excluding ortho intramolecular Hbond substituents is 1. The normalized spacial score (nSPS) is 13.1. The van der Waals surface area contributed by atoms with Crippen molar-refractivity contribution < 1.29 is 5.11 Å². The molecule has 0 radical (unpaired) electrons. The van der Waals surface area contributed by atoms with Crippen LogP contribution in [0.3, 0.4) is 0 Å². The minimum absolute atomic E-state index is 0.0625. The van der Waals surface area contributed by atoms with Crippen molar-refractivity contribution in [3.63, 3.8) is 0 Å². The van der Waals surface area contributed by atoms with Crippen molar-refractivity contribution in [3.05, 3.63) is 77.6 Å². The molecule has 45 heavy (non-hydrogen) atoms. The maximum absolute atomic E-state index is 11.7. The number of benzene rings is 2. The highest BCUT2D eigenvalue weighted by Gasteiger charge is 2.28. The number of phenols is 1. The minimum atomic E-state index is -1.45. The van der Waals surface area contributed by atoms with Gasteiger partial charge in [-0.15, -0.1) is 0 Å². The first-order valence-corrected chi connectivity index (χ1v) is 19.5. The molecule has 0 saturated heterocycles. The molecule has 1 N–H and O–H groups in total. The van der Waals surface area contributed by atoms with Crippen molar-refractivity contribution in [1.29, 1.82) is 0 Å². The Morgan fingerprint density at radius 1 is 0.689 bits per heavy atom. The lowest BCUT2D eigenvalue weighted by Gasteiger charge is -2.27. The van der Waals surface area contributed by atoms with E-state index in [4.69, 9.17) is 15.0 Å². The van der Waals surface area contributed by atoms with Gasteiger partial charge in [0.1, 0.15) is 17.1 Å². The third kappa shape index (κ3) is 6.35. The van der Waals surface area contributed by atoms with E-state index in [0.29, 0.717) is 5.82 Å². The van der Waals surface area contributed by atoms with Crippen molar-refractivity contribution in [2.45, 2.75) is 98.2 Å². The molecule has 0 aliphatic rings. The van der Waals surface area contributed by atoms with Gasteiger partial charge in [-0.2, -0.15) is 0 Å². The Morgan fingerprint density at radius 3 is 1.87 bits per heavy atom. The molecule has 5 rings (SSSR count). The molecule has 236 valence electrons. The number of hydrogen-bond donors (Lipinski definition) is 1. The van der Waals surface area contributed by atoms with E-state index >= 15 is 0 Å². The predicted molar refractivity (Wildman–Crippen MR) is 193 cm³/mol. The van der Waals surface area contributed by atoms with Crippen LogP contribution in [0.25, 0.3) is 44.9 Å². The maximum Gasteiger partial charge on any atom is 0.160 e. The molecule has 6 heteroatoms. The molecule has 0 fully saturated rings. The Bertz CT molecular complexity index is 1890. The topological polar surface area (TPSA) is 63.8 Å². The molecule has 2 aromatic carbocycles. The maximum atomic E-state index is 11.7. The zero-order valence-electron chi connectivity index (χ0n) is 29.5. The van der Waals surface area contributed by atoms with Gasteiger partial charge in [0.15, 0.2) is 5.65 Å². The summed E-state index contributed by atoms with van der Waals surface area (Å²) in [5.74, 6) is 0.982. The van der Waals surface area contributed by atoms with Gasteiger partial charge in [-0.25, -0.2) is 9.97 Å². The number of imidazole rings is 1. The number of pyridine rings is 2. The van der Waals surface area contributed by atoms with Crippen LogP contribution in [0.5, 0.6) is 5.75 Å². The highest BCUT2D eigenvalue weighted by molar-refractivity contribution is 6.88. The number of aryl methyl sites for hydroxylation is 1. The molecule has 3 heterocycles. The fraction of sp³-hybridized carbons (Fsp3) is 0.410. The van der Waals surface area contributed by atoms with E-state index in [1.54, 1.807) is 0 Å². The van der Waals surface area contributed by atoms with E-state index in [1.807, 2.05) is 17.8 Å². The van der Waals surface area contributed by atoms with Crippen LogP contribution in [0.2, 0.25) is 19.6 Å². The van der Waals surface area contributed by atoms with E-state index in [1.165, 1.54) is 10.8 Å². The second-order valence-corrected chi connectivity index (χ2v) is 21.8. The van der Waals surface area contributed by atoms with Gasteiger partial charge >= 0.3 is 0 Å². The molecule has 0 spiro atoms. The summed E-state index contributed by atoms with van der Waals surface area (Å²) in [6.45, 7) is 26.8. The van der Waals surface area contributed by atoms with E-state index in [-0.39, 0.29) is 22.0 Å². The van der Waals surface area contributed by atoms with Crippen LogP contribution < -0.4 is 5.19 Å². The van der Waals surface area contributed by atoms with Crippen molar-refractivity contribution in [2.75, 3.05) is 0 Å². The lowest BCUT2D eigenvalue weighted by Crippen LogP contribution is -2.37. The smallest absolute Gasteiger partial charge is 0.160 e. The van der Waals surface area contributed by atoms with Crippen molar-refractivity contribution in [2.24, 2.45) is 7.05 Å². The van der Waals surface area contributed by atoms with Gasteiger partial charge in [-0.1, -0.05) is 100 Å². The first kappa shape index (κ1) is 32.6. The molecule has 0 aliphatic heterocycles. The number of aromatic nitrogens is 4. The van der Waals surface area contributed by atoms with Gasteiger partial charge in [-0.05, 0) is 68.5 Å².